The lowest BCUT2D eigenvalue weighted by molar-refractivity contribution is 0.595. The number of halogens is 1. The third-order valence-corrected chi connectivity index (χ3v) is 2.02. The van der Waals surface area contributed by atoms with Gasteiger partial charge >= 0.3 is 0 Å². The number of aromatic nitrogens is 2. The van der Waals surface area contributed by atoms with Crippen molar-refractivity contribution in [2.24, 2.45) is 0 Å². The maximum Gasteiger partial charge on any atom is 0.251 e. The highest BCUT2D eigenvalue weighted by Crippen LogP contribution is 1.99. The summed E-state index contributed by atoms with van der Waals surface area (Å²) in [6.07, 6.45) is 4.49. The lowest BCUT2D eigenvalue weighted by Gasteiger charge is -2.04. The number of hydrogen-bond acceptors (Lipinski definition) is 2. The molecule has 0 saturated heterocycles. The zero-order valence-electron chi connectivity index (χ0n) is 7.93. The van der Waals surface area contributed by atoms with Gasteiger partial charge in [0.1, 0.15) is 5.82 Å². The van der Waals surface area contributed by atoms with Gasteiger partial charge in [0.05, 0.1) is 6.54 Å². The molecule has 0 amide bonds. The van der Waals surface area contributed by atoms with E-state index in [1.54, 1.807) is 18.5 Å². The zero-order valence-corrected chi connectivity index (χ0v) is 7.93. The summed E-state index contributed by atoms with van der Waals surface area (Å²) in [5, 5.41) is 0. The molecule has 0 radical (unpaired) electrons. The van der Waals surface area contributed by atoms with Gasteiger partial charge in [0.25, 0.3) is 5.56 Å². The quantitative estimate of drug-likeness (QED) is 0.741. The molecule has 2 aromatic heterocycles. The van der Waals surface area contributed by atoms with Gasteiger partial charge in [-0.05, 0) is 17.7 Å². The van der Waals surface area contributed by atoms with E-state index in [1.807, 2.05) is 6.07 Å². The highest BCUT2D eigenvalue weighted by molar-refractivity contribution is 5.10. The van der Waals surface area contributed by atoms with E-state index in [-0.39, 0.29) is 5.56 Å². The standard InChI is InChI=1S/C11H9FN2O/c12-10-3-4-11(15)14(8-10)7-9-2-1-5-13-6-9/h1-6,8H,7H2. The van der Waals surface area contributed by atoms with Crippen molar-refractivity contribution >= 4 is 0 Å². The Hall–Kier alpha value is -1.97. The predicted octanol–water partition coefficient (Wildman–Crippen LogP) is 1.43. The summed E-state index contributed by atoms with van der Waals surface area (Å²) in [6.45, 7) is 0.338. The van der Waals surface area contributed by atoms with E-state index >= 15 is 0 Å². The lowest BCUT2D eigenvalue weighted by Crippen LogP contribution is -2.19. The minimum absolute atomic E-state index is 0.222. The molecule has 0 bridgehead atoms. The predicted molar refractivity (Wildman–Crippen MR) is 54.0 cm³/mol. The molecule has 3 nitrogen and oxygen atoms in total. The molecule has 2 aromatic rings. The van der Waals surface area contributed by atoms with E-state index in [2.05, 4.69) is 4.98 Å². The molecule has 0 aromatic carbocycles. The fourth-order valence-electron chi connectivity index (χ4n) is 1.31. The minimum Gasteiger partial charge on any atom is -0.308 e. The van der Waals surface area contributed by atoms with Crippen LogP contribution in [0.3, 0.4) is 0 Å². The average Bonchev–Trinajstić information content (AvgIpc) is 2.25. The van der Waals surface area contributed by atoms with Gasteiger partial charge in [-0.3, -0.25) is 9.78 Å². The normalized spacial score (nSPS) is 10.2. The van der Waals surface area contributed by atoms with Gasteiger partial charge in [0.15, 0.2) is 0 Å². The maximum absolute atomic E-state index is 12.9. The second-order valence-corrected chi connectivity index (χ2v) is 3.17. The van der Waals surface area contributed by atoms with Crippen molar-refractivity contribution in [3.05, 3.63) is 64.6 Å². The van der Waals surface area contributed by atoms with Crippen LogP contribution >= 0.6 is 0 Å². The Labute approximate surface area is 85.8 Å². The van der Waals surface area contributed by atoms with Crippen molar-refractivity contribution in [2.45, 2.75) is 6.54 Å². The van der Waals surface area contributed by atoms with Crippen LogP contribution in [-0.4, -0.2) is 9.55 Å². The first-order valence-electron chi connectivity index (χ1n) is 4.50. The molecule has 76 valence electrons. The first-order chi connectivity index (χ1) is 7.25. The SMILES string of the molecule is O=c1ccc(F)cn1Cc1cccnc1. The van der Waals surface area contributed by atoms with Crippen molar-refractivity contribution in [1.82, 2.24) is 9.55 Å². The Kier molecular flexibility index (Phi) is 2.58. The van der Waals surface area contributed by atoms with Gasteiger partial charge < -0.3 is 4.57 Å². The van der Waals surface area contributed by atoms with Crippen molar-refractivity contribution in [1.29, 1.82) is 0 Å². The summed E-state index contributed by atoms with van der Waals surface area (Å²) in [5.41, 5.74) is 0.644. The molecule has 0 saturated carbocycles. The second kappa shape index (κ2) is 4.04. The maximum atomic E-state index is 12.9. The summed E-state index contributed by atoms with van der Waals surface area (Å²) in [7, 11) is 0. The van der Waals surface area contributed by atoms with Crippen LogP contribution in [0.4, 0.5) is 4.39 Å². The van der Waals surface area contributed by atoms with E-state index in [9.17, 15) is 9.18 Å². The van der Waals surface area contributed by atoms with Crippen LogP contribution in [0.15, 0.2) is 47.7 Å². The molecule has 2 rings (SSSR count). The molecule has 0 N–H and O–H groups in total. The number of nitrogens with zero attached hydrogens (tertiary/aromatic N) is 2. The zero-order chi connectivity index (χ0) is 10.7. The van der Waals surface area contributed by atoms with E-state index in [4.69, 9.17) is 0 Å². The molecule has 15 heavy (non-hydrogen) atoms. The van der Waals surface area contributed by atoms with Crippen LogP contribution in [0.25, 0.3) is 0 Å². The largest absolute Gasteiger partial charge is 0.308 e. The topological polar surface area (TPSA) is 34.9 Å². The van der Waals surface area contributed by atoms with Crippen molar-refractivity contribution in [2.75, 3.05) is 0 Å². The summed E-state index contributed by atoms with van der Waals surface area (Å²) < 4.78 is 14.2. The van der Waals surface area contributed by atoms with Crippen molar-refractivity contribution in [3.8, 4) is 0 Å². The van der Waals surface area contributed by atoms with Crippen molar-refractivity contribution in [3.63, 3.8) is 0 Å². The lowest BCUT2D eigenvalue weighted by atomic mass is 10.3. The van der Waals surface area contributed by atoms with Crippen LogP contribution in [-0.2, 0) is 6.54 Å². The third kappa shape index (κ3) is 2.28. The van der Waals surface area contributed by atoms with Gasteiger partial charge in [0.2, 0.25) is 0 Å². The van der Waals surface area contributed by atoms with Gasteiger partial charge in [0, 0.05) is 24.7 Å². The van der Waals surface area contributed by atoms with E-state index in [0.717, 1.165) is 11.6 Å². The van der Waals surface area contributed by atoms with Crippen LogP contribution in [0, 0.1) is 5.82 Å². The fraction of sp³-hybridized carbons (Fsp3) is 0.0909. The van der Waals surface area contributed by atoms with Crippen LogP contribution in [0.1, 0.15) is 5.56 Å². The fourth-order valence-corrected chi connectivity index (χ4v) is 1.31. The monoisotopic (exact) mass is 204 g/mol. The summed E-state index contributed by atoms with van der Waals surface area (Å²) in [6, 6.07) is 5.98. The highest BCUT2D eigenvalue weighted by Gasteiger charge is 1.99. The van der Waals surface area contributed by atoms with Crippen LogP contribution in [0.5, 0.6) is 0 Å². The van der Waals surface area contributed by atoms with E-state index in [1.165, 1.54) is 16.8 Å². The first-order valence-corrected chi connectivity index (χ1v) is 4.50. The molecule has 0 fully saturated rings. The van der Waals surface area contributed by atoms with Gasteiger partial charge in [-0.15, -0.1) is 0 Å². The Morgan fingerprint density at radius 1 is 1.33 bits per heavy atom. The minimum atomic E-state index is -0.418. The molecular weight excluding hydrogens is 195 g/mol. The van der Waals surface area contributed by atoms with Crippen LogP contribution < -0.4 is 5.56 Å². The number of hydrogen-bond donors (Lipinski definition) is 0. The molecular formula is C11H9FN2O. The molecule has 4 heteroatoms. The van der Waals surface area contributed by atoms with Gasteiger partial charge in [-0.25, -0.2) is 4.39 Å². The molecule has 0 aliphatic heterocycles. The van der Waals surface area contributed by atoms with Crippen LogP contribution in [0.2, 0.25) is 0 Å². The van der Waals surface area contributed by atoms with E-state index < -0.39 is 5.82 Å². The Balaban J connectivity index is 2.32. The van der Waals surface area contributed by atoms with Crippen molar-refractivity contribution < 1.29 is 4.39 Å². The first kappa shape index (κ1) is 9.58. The molecule has 0 atom stereocenters. The molecule has 2 heterocycles. The summed E-state index contributed by atoms with van der Waals surface area (Å²) in [4.78, 5) is 15.3. The van der Waals surface area contributed by atoms with E-state index in [0.29, 0.717) is 6.54 Å². The molecule has 0 unspecified atom stereocenters. The Bertz CT molecular complexity index is 507. The average molecular weight is 204 g/mol. The second-order valence-electron chi connectivity index (χ2n) is 3.17. The third-order valence-electron chi connectivity index (χ3n) is 2.02. The molecule has 0 aliphatic rings. The van der Waals surface area contributed by atoms with Gasteiger partial charge in [-0.1, -0.05) is 6.07 Å². The van der Waals surface area contributed by atoms with Gasteiger partial charge in [-0.2, -0.15) is 0 Å². The molecule has 0 aliphatic carbocycles. The summed E-state index contributed by atoms with van der Waals surface area (Å²) in [5.74, 6) is -0.418. The highest BCUT2D eigenvalue weighted by atomic mass is 19.1. The smallest absolute Gasteiger partial charge is 0.251 e. The summed E-state index contributed by atoms with van der Waals surface area (Å²) >= 11 is 0. The Morgan fingerprint density at radius 3 is 2.93 bits per heavy atom. The number of pyridine rings is 2. The number of rotatable bonds is 2. The molecule has 0 spiro atoms. The Morgan fingerprint density at radius 2 is 2.20 bits per heavy atom.